The molecule has 17 heavy (non-hydrogen) atoms. The maximum absolute atomic E-state index is 11.4. The van der Waals surface area contributed by atoms with E-state index in [0.29, 0.717) is 5.69 Å². The van der Waals surface area contributed by atoms with E-state index >= 15 is 0 Å². The van der Waals surface area contributed by atoms with Crippen molar-refractivity contribution in [1.82, 2.24) is 5.43 Å². The van der Waals surface area contributed by atoms with E-state index in [1.807, 2.05) is 24.3 Å². The molecular formula is C12H13N3O2. The highest BCUT2D eigenvalue weighted by Gasteiger charge is 2.15. The molecule has 88 valence electrons. The summed E-state index contributed by atoms with van der Waals surface area (Å²) in [5, 5.41) is 2.54. The van der Waals surface area contributed by atoms with Gasteiger partial charge in [-0.1, -0.05) is 24.3 Å². The van der Waals surface area contributed by atoms with Crippen LogP contribution in [0.2, 0.25) is 0 Å². The van der Waals surface area contributed by atoms with E-state index in [-0.39, 0.29) is 0 Å². The molecule has 0 fully saturated rings. The lowest BCUT2D eigenvalue weighted by atomic mass is 9.96. The average Bonchev–Trinajstić information content (AvgIpc) is 2.38. The molecule has 4 N–H and O–H groups in total. The number of fused-ring (bicyclic) bond motifs is 1. The molecule has 0 aliphatic heterocycles. The van der Waals surface area contributed by atoms with E-state index in [0.717, 1.165) is 18.4 Å². The molecule has 0 radical (unpaired) electrons. The summed E-state index contributed by atoms with van der Waals surface area (Å²) < 4.78 is 0. The van der Waals surface area contributed by atoms with Crippen molar-refractivity contribution >= 4 is 23.6 Å². The van der Waals surface area contributed by atoms with E-state index in [4.69, 9.17) is 5.84 Å². The van der Waals surface area contributed by atoms with E-state index in [2.05, 4.69) is 5.32 Å². The van der Waals surface area contributed by atoms with Crippen LogP contribution in [0.15, 0.2) is 24.3 Å². The molecule has 5 nitrogen and oxygen atoms in total. The van der Waals surface area contributed by atoms with Gasteiger partial charge >= 0.3 is 11.8 Å². The van der Waals surface area contributed by atoms with Crippen LogP contribution >= 0.6 is 0 Å². The summed E-state index contributed by atoms with van der Waals surface area (Å²) in [6, 6.07) is 5.63. The standard InChI is InChI=1S/C12H13N3O2/c13-15-12(17)11(16)14-10-7-3-5-8-4-1-2-6-9(8)10/h2-3,5-7H,1,4,13H2,(H,14,16)(H,15,17). The molecule has 0 heterocycles. The Bertz CT molecular complexity index is 495. The molecule has 1 aliphatic carbocycles. The van der Waals surface area contributed by atoms with E-state index in [1.165, 1.54) is 5.56 Å². The smallest absolute Gasteiger partial charge is 0.317 e. The predicted octanol–water partition coefficient (Wildman–Crippen LogP) is 0.574. The highest BCUT2D eigenvalue weighted by atomic mass is 16.2. The van der Waals surface area contributed by atoms with Crippen molar-refractivity contribution < 1.29 is 9.59 Å². The van der Waals surface area contributed by atoms with E-state index < -0.39 is 11.8 Å². The quantitative estimate of drug-likeness (QED) is 0.286. The van der Waals surface area contributed by atoms with Crippen LogP contribution in [0.5, 0.6) is 0 Å². The van der Waals surface area contributed by atoms with Crippen molar-refractivity contribution in [3.8, 4) is 0 Å². The Morgan fingerprint density at radius 1 is 1.24 bits per heavy atom. The molecule has 5 heteroatoms. The van der Waals surface area contributed by atoms with Crippen LogP contribution in [0.25, 0.3) is 6.08 Å². The highest BCUT2D eigenvalue weighted by molar-refractivity contribution is 6.39. The number of hydrogen-bond donors (Lipinski definition) is 3. The Morgan fingerprint density at radius 3 is 2.82 bits per heavy atom. The van der Waals surface area contributed by atoms with Crippen molar-refractivity contribution in [3.05, 3.63) is 35.4 Å². The average molecular weight is 231 g/mol. The number of hydrazine groups is 1. The minimum Gasteiger partial charge on any atom is -0.317 e. The zero-order valence-corrected chi connectivity index (χ0v) is 9.19. The Morgan fingerprint density at radius 2 is 2.06 bits per heavy atom. The molecule has 0 spiro atoms. The lowest BCUT2D eigenvalue weighted by Crippen LogP contribution is -2.39. The Hall–Kier alpha value is -2.14. The summed E-state index contributed by atoms with van der Waals surface area (Å²) in [4.78, 5) is 22.4. The zero-order valence-electron chi connectivity index (χ0n) is 9.19. The van der Waals surface area contributed by atoms with Crippen molar-refractivity contribution in [2.75, 3.05) is 5.32 Å². The van der Waals surface area contributed by atoms with Crippen molar-refractivity contribution in [2.24, 2.45) is 5.84 Å². The van der Waals surface area contributed by atoms with Gasteiger partial charge in [0.25, 0.3) is 0 Å². The van der Waals surface area contributed by atoms with Crippen LogP contribution in [-0.2, 0) is 16.0 Å². The van der Waals surface area contributed by atoms with Crippen molar-refractivity contribution in [1.29, 1.82) is 0 Å². The second-order valence-corrected chi connectivity index (χ2v) is 3.75. The molecule has 2 rings (SSSR count). The first-order chi connectivity index (χ1) is 8.22. The summed E-state index contributed by atoms with van der Waals surface area (Å²) in [5.41, 5.74) is 4.55. The van der Waals surface area contributed by atoms with Crippen LogP contribution in [0.4, 0.5) is 5.69 Å². The molecule has 0 atom stereocenters. The lowest BCUT2D eigenvalue weighted by molar-refractivity contribution is -0.136. The molecule has 1 aliphatic rings. The van der Waals surface area contributed by atoms with Crippen LogP contribution in [0, 0.1) is 0 Å². The molecule has 0 saturated heterocycles. The lowest BCUT2D eigenvalue weighted by Gasteiger charge is -2.15. The fourth-order valence-corrected chi connectivity index (χ4v) is 1.82. The van der Waals surface area contributed by atoms with Gasteiger partial charge in [0.1, 0.15) is 0 Å². The number of carbonyl (C=O) groups is 2. The van der Waals surface area contributed by atoms with Crippen LogP contribution in [0.1, 0.15) is 17.5 Å². The van der Waals surface area contributed by atoms with Gasteiger partial charge in [-0.15, -0.1) is 0 Å². The fourth-order valence-electron chi connectivity index (χ4n) is 1.82. The molecule has 0 aromatic heterocycles. The van der Waals surface area contributed by atoms with Gasteiger partial charge in [-0.25, -0.2) is 5.84 Å². The summed E-state index contributed by atoms with van der Waals surface area (Å²) in [7, 11) is 0. The topological polar surface area (TPSA) is 84.2 Å². The summed E-state index contributed by atoms with van der Waals surface area (Å²) >= 11 is 0. The summed E-state index contributed by atoms with van der Waals surface area (Å²) in [6.07, 6.45) is 5.93. The Kier molecular flexibility index (Phi) is 3.20. The second kappa shape index (κ2) is 4.80. The number of benzene rings is 1. The monoisotopic (exact) mass is 231 g/mol. The van der Waals surface area contributed by atoms with Crippen LogP contribution in [-0.4, -0.2) is 11.8 Å². The van der Waals surface area contributed by atoms with Crippen molar-refractivity contribution in [2.45, 2.75) is 12.8 Å². The summed E-state index contributed by atoms with van der Waals surface area (Å²) in [5.74, 6) is 3.27. The molecule has 0 bridgehead atoms. The van der Waals surface area contributed by atoms with E-state index in [9.17, 15) is 9.59 Å². The highest BCUT2D eigenvalue weighted by Crippen LogP contribution is 2.26. The van der Waals surface area contributed by atoms with Crippen LogP contribution < -0.4 is 16.6 Å². The molecule has 0 unspecified atom stereocenters. The summed E-state index contributed by atoms with van der Waals surface area (Å²) in [6.45, 7) is 0. The fraction of sp³-hybridized carbons (Fsp3) is 0.167. The third-order valence-corrected chi connectivity index (χ3v) is 2.65. The predicted molar refractivity (Wildman–Crippen MR) is 64.8 cm³/mol. The number of allylic oxidation sites excluding steroid dienone is 1. The largest absolute Gasteiger partial charge is 0.323 e. The van der Waals surface area contributed by atoms with Gasteiger partial charge in [-0.05, 0) is 24.5 Å². The number of nitrogens with two attached hydrogens (primary N) is 1. The Balaban J connectivity index is 2.26. The minimum atomic E-state index is -0.859. The second-order valence-electron chi connectivity index (χ2n) is 3.75. The van der Waals surface area contributed by atoms with Gasteiger partial charge in [0.2, 0.25) is 0 Å². The number of nitrogens with one attached hydrogen (secondary N) is 2. The molecular weight excluding hydrogens is 218 g/mol. The normalized spacial score (nSPS) is 12.8. The first-order valence-electron chi connectivity index (χ1n) is 5.32. The SMILES string of the molecule is NNC(=O)C(=O)Nc1cccc2c1C=CCC2. The van der Waals surface area contributed by atoms with Crippen molar-refractivity contribution in [3.63, 3.8) is 0 Å². The van der Waals surface area contributed by atoms with Crippen LogP contribution in [0.3, 0.4) is 0 Å². The number of aryl methyl sites for hydroxylation is 1. The van der Waals surface area contributed by atoms with Gasteiger partial charge in [0, 0.05) is 11.3 Å². The zero-order chi connectivity index (χ0) is 12.3. The number of anilines is 1. The van der Waals surface area contributed by atoms with Gasteiger partial charge in [0.05, 0.1) is 0 Å². The first kappa shape index (κ1) is 11.3. The first-order valence-corrected chi connectivity index (χ1v) is 5.32. The molecule has 1 aromatic rings. The number of rotatable bonds is 1. The third-order valence-electron chi connectivity index (χ3n) is 2.65. The maximum atomic E-state index is 11.4. The maximum Gasteiger partial charge on any atom is 0.323 e. The molecule has 2 amide bonds. The van der Waals surface area contributed by atoms with Gasteiger partial charge in [0.15, 0.2) is 0 Å². The van der Waals surface area contributed by atoms with Gasteiger partial charge < -0.3 is 5.32 Å². The number of hydrogen-bond acceptors (Lipinski definition) is 3. The van der Waals surface area contributed by atoms with Gasteiger partial charge in [-0.3, -0.25) is 15.0 Å². The molecule has 0 saturated carbocycles. The Labute approximate surface area is 98.7 Å². The number of amides is 2. The minimum absolute atomic E-state index is 0.632. The number of carbonyl (C=O) groups excluding carboxylic acids is 2. The van der Waals surface area contributed by atoms with E-state index in [1.54, 1.807) is 11.5 Å². The third kappa shape index (κ3) is 2.34. The molecule has 1 aromatic carbocycles. The van der Waals surface area contributed by atoms with Gasteiger partial charge in [-0.2, -0.15) is 0 Å².